The van der Waals surface area contributed by atoms with Gasteiger partial charge >= 0.3 is 5.97 Å². The summed E-state index contributed by atoms with van der Waals surface area (Å²) in [6.45, 7) is 7.65. The molecule has 0 saturated heterocycles. The SMILES string of the molecule is C=CC(F)(F)c1ccc(C2=C(COc3ccc(CCC(=O)O)c(C)c3C)CCCC2)cc1. The van der Waals surface area contributed by atoms with Crippen molar-refractivity contribution in [3.8, 4) is 5.75 Å². The number of allylic oxidation sites excluding steroid dienone is 2. The molecule has 0 saturated carbocycles. The molecule has 0 radical (unpaired) electrons. The van der Waals surface area contributed by atoms with Gasteiger partial charge in [0.15, 0.2) is 0 Å². The highest BCUT2D eigenvalue weighted by atomic mass is 19.3. The van der Waals surface area contributed by atoms with Crippen molar-refractivity contribution in [3.63, 3.8) is 0 Å². The van der Waals surface area contributed by atoms with Gasteiger partial charge < -0.3 is 9.84 Å². The number of ether oxygens (including phenoxy) is 1. The molecule has 3 rings (SSSR count). The van der Waals surface area contributed by atoms with Crippen LogP contribution in [0.1, 0.15) is 59.9 Å². The van der Waals surface area contributed by atoms with E-state index in [1.165, 1.54) is 23.3 Å². The first-order valence-electron chi connectivity index (χ1n) is 11.0. The van der Waals surface area contributed by atoms with E-state index >= 15 is 0 Å². The van der Waals surface area contributed by atoms with E-state index in [1.54, 1.807) is 12.1 Å². The number of hydrogen-bond acceptors (Lipinski definition) is 2. The first-order chi connectivity index (χ1) is 15.2. The number of carbonyl (C=O) groups is 1. The third-order valence-electron chi connectivity index (χ3n) is 6.32. The summed E-state index contributed by atoms with van der Waals surface area (Å²) in [4.78, 5) is 10.9. The number of aliphatic carboxylic acids is 1. The van der Waals surface area contributed by atoms with Crippen molar-refractivity contribution >= 4 is 11.5 Å². The molecule has 3 nitrogen and oxygen atoms in total. The van der Waals surface area contributed by atoms with Crippen LogP contribution in [0, 0.1) is 13.8 Å². The van der Waals surface area contributed by atoms with Crippen molar-refractivity contribution in [3.05, 3.63) is 82.4 Å². The van der Waals surface area contributed by atoms with E-state index < -0.39 is 11.9 Å². The van der Waals surface area contributed by atoms with Gasteiger partial charge in [0.1, 0.15) is 12.4 Å². The van der Waals surface area contributed by atoms with Gasteiger partial charge in [-0.2, -0.15) is 8.78 Å². The lowest BCUT2D eigenvalue weighted by Crippen LogP contribution is -2.11. The van der Waals surface area contributed by atoms with Gasteiger partial charge in [0.05, 0.1) is 0 Å². The van der Waals surface area contributed by atoms with E-state index in [-0.39, 0.29) is 12.0 Å². The minimum Gasteiger partial charge on any atom is -0.489 e. The first kappa shape index (κ1) is 23.7. The van der Waals surface area contributed by atoms with Gasteiger partial charge in [-0.1, -0.05) is 36.9 Å². The molecule has 0 unspecified atom stereocenters. The molecule has 2 aromatic carbocycles. The predicted molar refractivity (Wildman–Crippen MR) is 123 cm³/mol. The smallest absolute Gasteiger partial charge is 0.303 e. The third-order valence-corrected chi connectivity index (χ3v) is 6.32. The van der Waals surface area contributed by atoms with Crippen LogP contribution in [0.2, 0.25) is 0 Å². The van der Waals surface area contributed by atoms with Gasteiger partial charge in [-0.05, 0) is 91.5 Å². The lowest BCUT2D eigenvalue weighted by Gasteiger charge is -2.23. The van der Waals surface area contributed by atoms with Crippen molar-refractivity contribution in [2.45, 2.75) is 58.3 Å². The van der Waals surface area contributed by atoms with E-state index in [0.29, 0.717) is 19.1 Å². The summed E-state index contributed by atoms with van der Waals surface area (Å²) >= 11 is 0. The molecule has 0 aromatic heterocycles. The molecule has 0 bridgehead atoms. The standard InChI is InChI=1S/C27H30F2O3/c1-4-27(28,29)23-13-9-21(10-14-23)24-8-6-5-7-22(24)17-32-25-15-11-20(12-16-26(30)31)18(2)19(25)3/h4,9-11,13-15H,1,5-8,12,16-17H2,2-3H3,(H,30,31). The van der Waals surface area contributed by atoms with E-state index in [9.17, 15) is 13.6 Å². The molecule has 170 valence electrons. The number of aryl methyl sites for hydroxylation is 1. The summed E-state index contributed by atoms with van der Waals surface area (Å²) < 4.78 is 33.9. The summed E-state index contributed by atoms with van der Waals surface area (Å²) in [5, 5.41) is 8.93. The number of carboxylic acids is 1. The molecule has 0 aliphatic heterocycles. The molecule has 0 heterocycles. The fourth-order valence-corrected chi connectivity index (χ4v) is 4.17. The van der Waals surface area contributed by atoms with Crippen molar-refractivity contribution in [2.75, 3.05) is 6.61 Å². The Balaban J connectivity index is 1.79. The molecule has 0 fully saturated rings. The van der Waals surface area contributed by atoms with E-state index in [1.807, 2.05) is 26.0 Å². The number of hydrogen-bond donors (Lipinski definition) is 1. The first-order valence-corrected chi connectivity index (χ1v) is 11.0. The van der Waals surface area contributed by atoms with Gasteiger partial charge in [-0.3, -0.25) is 4.79 Å². The molecule has 1 aliphatic carbocycles. The monoisotopic (exact) mass is 440 g/mol. The highest BCUT2D eigenvalue weighted by molar-refractivity contribution is 5.70. The molecule has 1 aliphatic rings. The summed E-state index contributed by atoms with van der Waals surface area (Å²) in [7, 11) is 0. The van der Waals surface area contributed by atoms with Crippen molar-refractivity contribution < 1.29 is 23.4 Å². The van der Waals surface area contributed by atoms with Crippen LogP contribution in [0.3, 0.4) is 0 Å². The van der Waals surface area contributed by atoms with Gasteiger partial charge in [0, 0.05) is 12.0 Å². The van der Waals surface area contributed by atoms with Crippen LogP contribution < -0.4 is 4.74 Å². The maximum atomic E-state index is 13.9. The number of carboxylic acid groups (broad SMARTS) is 1. The summed E-state index contributed by atoms with van der Waals surface area (Å²) in [6, 6.07) is 10.3. The third kappa shape index (κ3) is 5.45. The number of halogens is 2. The molecule has 0 spiro atoms. The Bertz CT molecular complexity index is 1020. The average Bonchev–Trinajstić information content (AvgIpc) is 2.79. The molecule has 32 heavy (non-hydrogen) atoms. The van der Waals surface area contributed by atoms with E-state index in [2.05, 4.69) is 6.58 Å². The largest absolute Gasteiger partial charge is 0.489 e. The fraction of sp³-hybridized carbons (Fsp3) is 0.370. The molecule has 1 N–H and O–H groups in total. The maximum Gasteiger partial charge on any atom is 0.303 e. The van der Waals surface area contributed by atoms with Crippen molar-refractivity contribution in [2.24, 2.45) is 0 Å². The fourth-order valence-electron chi connectivity index (χ4n) is 4.17. The van der Waals surface area contributed by atoms with Gasteiger partial charge in [0.2, 0.25) is 0 Å². The van der Waals surface area contributed by atoms with E-state index in [4.69, 9.17) is 9.84 Å². The second kappa shape index (κ2) is 10.1. The van der Waals surface area contributed by atoms with Crippen molar-refractivity contribution in [1.82, 2.24) is 0 Å². The van der Waals surface area contributed by atoms with Crippen LogP contribution in [-0.2, 0) is 17.1 Å². The van der Waals surface area contributed by atoms with Gasteiger partial charge in [-0.15, -0.1) is 0 Å². The maximum absolute atomic E-state index is 13.9. The Kier molecular flexibility index (Phi) is 7.49. The Morgan fingerprint density at radius 2 is 1.78 bits per heavy atom. The number of benzene rings is 2. The molecule has 2 aromatic rings. The lowest BCUT2D eigenvalue weighted by atomic mass is 9.87. The second-order valence-electron chi connectivity index (χ2n) is 8.35. The van der Waals surface area contributed by atoms with Gasteiger partial charge in [-0.25, -0.2) is 0 Å². The minimum absolute atomic E-state index is 0.0560. The quantitative estimate of drug-likeness (QED) is 0.427. The molecule has 0 amide bonds. The Labute approximate surface area is 188 Å². The van der Waals surface area contributed by atoms with Crippen molar-refractivity contribution in [1.29, 1.82) is 0 Å². The zero-order valence-electron chi connectivity index (χ0n) is 18.7. The minimum atomic E-state index is -3.03. The van der Waals surface area contributed by atoms with Crippen LogP contribution in [0.25, 0.3) is 5.57 Å². The van der Waals surface area contributed by atoms with Crippen LogP contribution in [0.4, 0.5) is 8.78 Å². The second-order valence-corrected chi connectivity index (χ2v) is 8.35. The number of rotatable bonds is 9. The van der Waals surface area contributed by atoms with Crippen LogP contribution in [0.15, 0.2) is 54.6 Å². The van der Waals surface area contributed by atoms with Crippen LogP contribution >= 0.6 is 0 Å². The van der Waals surface area contributed by atoms with Crippen LogP contribution in [-0.4, -0.2) is 17.7 Å². The Hall–Kier alpha value is -2.95. The highest BCUT2D eigenvalue weighted by Gasteiger charge is 2.27. The molecule has 0 atom stereocenters. The number of alkyl halides is 2. The van der Waals surface area contributed by atoms with Crippen LogP contribution in [0.5, 0.6) is 5.75 Å². The molecular formula is C27H30F2O3. The summed E-state index contributed by atoms with van der Waals surface area (Å²) in [6.07, 6.45) is 5.25. The Morgan fingerprint density at radius 1 is 1.09 bits per heavy atom. The van der Waals surface area contributed by atoms with Gasteiger partial charge in [0.25, 0.3) is 5.92 Å². The summed E-state index contributed by atoms with van der Waals surface area (Å²) in [5.41, 5.74) is 6.38. The topological polar surface area (TPSA) is 46.5 Å². The lowest BCUT2D eigenvalue weighted by molar-refractivity contribution is -0.136. The molecule has 5 heteroatoms. The summed E-state index contributed by atoms with van der Waals surface area (Å²) in [5.74, 6) is -3.04. The Morgan fingerprint density at radius 3 is 2.44 bits per heavy atom. The normalized spacial score (nSPS) is 14.4. The zero-order valence-corrected chi connectivity index (χ0v) is 18.7. The highest BCUT2D eigenvalue weighted by Crippen LogP contribution is 2.35. The molecular weight excluding hydrogens is 410 g/mol. The predicted octanol–water partition coefficient (Wildman–Crippen LogP) is 7.01. The average molecular weight is 441 g/mol. The zero-order chi connectivity index (χ0) is 23.3. The van der Waals surface area contributed by atoms with E-state index in [0.717, 1.165) is 53.7 Å².